The number of nitro groups is 1. The van der Waals surface area contributed by atoms with Crippen LogP contribution in [0.25, 0.3) is 11.1 Å². The Kier molecular flexibility index (Phi) is 4.55. The van der Waals surface area contributed by atoms with E-state index in [-0.39, 0.29) is 29.4 Å². The van der Waals surface area contributed by atoms with Crippen molar-refractivity contribution in [2.75, 3.05) is 12.5 Å². The molecule has 0 aliphatic carbocycles. The van der Waals surface area contributed by atoms with Crippen LogP contribution in [0.5, 0.6) is 11.5 Å². The maximum absolute atomic E-state index is 12.0. The highest BCUT2D eigenvalue weighted by molar-refractivity contribution is 7.99. The van der Waals surface area contributed by atoms with Crippen LogP contribution in [0.15, 0.2) is 46.0 Å². The van der Waals surface area contributed by atoms with Crippen LogP contribution >= 0.6 is 11.8 Å². The largest absolute Gasteiger partial charge is 0.454 e. The minimum atomic E-state index is -0.496. The Morgan fingerprint density at radius 1 is 1.22 bits per heavy atom. The molecule has 2 heterocycles. The second-order valence-electron chi connectivity index (χ2n) is 5.64. The Hall–Kier alpha value is -3.27. The zero-order chi connectivity index (χ0) is 18.8. The molecule has 0 fully saturated rings. The van der Waals surface area contributed by atoms with Crippen LogP contribution in [-0.2, 0) is 11.3 Å². The number of amides is 1. The molecule has 10 heteroatoms. The van der Waals surface area contributed by atoms with E-state index in [4.69, 9.17) is 13.9 Å². The van der Waals surface area contributed by atoms with Crippen molar-refractivity contribution < 1.29 is 23.6 Å². The second-order valence-corrected chi connectivity index (χ2v) is 6.57. The van der Waals surface area contributed by atoms with E-state index in [1.807, 2.05) is 12.1 Å². The number of hydrogen-bond acceptors (Lipinski definition) is 8. The van der Waals surface area contributed by atoms with Crippen LogP contribution in [0, 0.1) is 10.1 Å². The Morgan fingerprint density at radius 3 is 2.93 bits per heavy atom. The van der Waals surface area contributed by atoms with Gasteiger partial charge < -0.3 is 19.2 Å². The number of thioether (sulfide) groups is 1. The smallest absolute Gasteiger partial charge is 0.271 e. The highest BCUT2D eigenvalue weighted by Crippen LogP contribution is 2.32. The SMILES string of the molecule is O=C(CSc1nc2cc([N+](=O)[O-])ccc2o1)NCc1ccc2c(c1)OCO2. The first-order chi connectivity index (χ1) is 13.1. The van der Waals surface area contributed by atoms with Gasteiger partial charge in [-0.15, -0.1) is 0 Å². The number of nitrogens with one attached hydrogen (secondary N) is 1. The summed E-state index contributed by atoms with van der Waals surface area (Å²) in [6, 6.07) is 9.65. The fraction of sp³-hybridized carbons (Fsp3) is 0.176. The lowest BCUT2D eigenvalue weighted by molar-refractivity contribution is -0.384. The summed E-state index contributed by atoms with van der Waals surface area (Å²) in [5.74, 6) is 1.28. The molecular weight excluding hydrogens is 374 g/mol. The number of benzene rings is 2. The Morgan fingerprint density at radius 2 is 2.07 bits per heavy atom. The summed E-state index contributed by atoms with van der Waals surface area (Å²) in [6.45, 7) is 0.561. The van der Waals surface area contributed by atoms with E-state index in [0.717, 1.165) is 17.3 Å². The summed E-state index contributed by atoms with van der Waals surface area (Å²) in [5.41, 5.74) is 1.65. The molecule has 4 rings (SSSR count). The van der Waals surface area contributed by atoms with Gasteiger partial charge in [-0.1, -0.05) is 17.8 Å². The summed E-state index contributed by atoms with van der Waals surface area (Å²) in [4.78, 5) is 26.5. The first-order valence-corrected chi connectivity index (χ1v) is 8.90. The molecule has 1 amide bonds. The molecular formula is C17H13N3O6S. The lowest BCUT2D eigenvalue weighted by Crippen LogP contribution is -2.24. The third kappa shape index (κ3) is 3.80. The van der Waals surface area contributed by atoms with Crippen molar-refractivity contribution in [3.8, 4) is 11.5 Å². The molecule has 138 valence electrons. The van der Waals surface area contributed by atoms with Crippen LogP contribution in [-0.4, -0.2) is 28.4 Å². The summed E-state index contributed by atoms with van der Waals surface area (Å²) in [6.07, 6.45) is 0. The molecule has 1 N–H and O–H groups in total. The molecule has 3 aromatic rings. The van der Waals surface area contributed by atoms with E-state index in [0.29, 0.717) is 29.1 Å². The number of hydrogen-bond donors (Lipinski definition) is 1. The van der Waals surface area contributed by atoms with Crippen molar-refractivity contribution in [2.24, 2.45) is 0 Å². The van der Waals surface area contributed by atoms with Gasteiger partial charge in [0, 0.05) is 18.7 Å². The topological polar surface area (TPSA) is 117 Å². The summed E-state index contributed by atoms with van der Waals surface area (Å²) in [7, 11) is 0. The maximum atomic E-state index is 12.0. The molecule has 0 atom stereocenters. The van der Waals surface area contributed by atoms with Gasteiger partial charge in [0.2, 0.25) is 12.7 Å². The number of rotatable bonds is 6. The van der Waals surface area contributed by atoms with Gasteiger partial charge in [-0.25, -0.2) is 4.98 Å². The van der Waals surface area contributed by atoms with E-state index in [1.54, 1.807) is 6.07 Å². The van der Waals surface area contributed by atoms with Crippen molar-refractivity contribution in [1.29, 1.82) is 0 Å². The standard InChI is InChI=1S/C17H13N3O6S/c21-16(18-7-10-1-3-14-15(5-10)25-9-24-14)8-27-17-19-12-6-11(20(22)23)2-4-13(12)26-17/h1-6H,7-9H2,(H,18,21). The van der Waals surface area contributed by atoms with E-state index in [9.17, 15) is 14.9 Å². The summed E-state index contributed by atoms with van der Waals surface area (Å²) >= 11 is 1.12. The van der Waals surface area contributed by atoms with Gasteiger partial charge in [-0.05, 0) is 23.8 Å². The molecule has 2 aromatic carbocycles. The van der Waals surface area contributed by atoms with Crippen LogP contribution in [0.2, 0.25) is 0 Å². The average molecular weight is 387 g/mol. The first-order valence-electron chi connectivity index (χ1n) is 7.91. The van der Waals surface area contributed by atoms with Crippen molar-refractivity contribution in [2.45, 2.75) is 11.8 Å². The Bertz CT molecular complexity index is 1030. The van der Waals surface area contributed by atoms with E-state index in [2.05, 4.69) is 10.3 Å². The van der Waals surface area contributed by atoms with Crippen LogP contribution in [0.1, 0.15) is 5.56 Å². The highest BCUT2D eigenvalue weighted by atomic mass is 32.2. The lowest BCUT2D eigenvalue weighted by atomic mass is 10.2. The number of aromatic nitrogens is 1. The number of nitrogens with zero attached hydrogens (tertiary/aromatic N) is 2. The molecule has 27 heavy (non-hydrogen) atoms. The van der Waals surface area contributed by atoms with Gasteiger partial charge in [0.15, 0.2) is 17.1 Å². The molecule has 9 nitrogen and oxygen atoms in total. The Balaban J connectivity index is 1.32. The number of carbonyl (C=O) groups excluding carboxylic acids is 1. The monoisotopic (exact) mass is 387 g/mol. The molecule has 1 aliphatic heterocycles. The van der Waals surface area contributed by atoms with Gasteiger partial charge in [-0.3, -0.25) is 14.9 Å². The zero-order valence-corrected chi connectivity index (χ0v) is 14.7. The number of fused-ring (bicyclic) bond motifs is 2. The third-order valence-corrected chi connectivity index (χ3v) is 4.64. The van der Waals surface area contributed by atoms with E-state index < -0.39 is 4.92 Å². The van der Waals surface area contributed by atoms with Gasteiger partial charge >= 0.3 is 0 Å². The molecule has 0 spiro atoms. The number of oxazole rings is 1. The lowest BCUT2D eigenvalue weighted by Gasteiger charge is -2.05. The number of non-ortho nitro benzene ring substituents is 1. The van der Waals surface area contributed by atoms with Crippen molar-refractivity contribution in [1.82, 2.24) is 10.3 Å². The highest BCUT2D eigenvalue weighted by Gasteiger charge is 2.15. The van der Waals surface area contributed by atoms with Crippen molar-refractivity contribution >= 4 is 34.5 Å². The number of carbonyl (C=O) groups is 1. The molecule has 0 saturated heterocycles. The van der Waals surface area contributed by atoms with Gasteiger partial charge in [0.1, 0.15) is 5.52 Å². The second kappa shape index (κ2) is 7.16. The van der Waals surface area contributed by atoms with E-state index >= 15 is 0 Å². The zero-order valence-electron chi connectivity index (χ0n) is 13.8. The van der Waals surface area contributed by atoms with Crippen LogP contribution in [0.3, 0.4) is 0 Å². The number of ether oxygens (including phenoxy) is 2. The molecule has 0 saturated carbocycles. The normalized spacial score (nSPS) is 12.3. The van der Waals surface area contributed by atoms with Crippen LogP contribution < -0.4 is 14.8 Å². The minimum Gasteiger partial charge on any atom is -0.454 e. The fourth-order valence-corrected chi connectivity index (χ4v) is 3.17. The maximum Gasteiger partial charge on any atom is 0.271 e. The van der Waals surface area contributed by atoms with Crippen LogP contribution in [0.4, 0.5) is 5.69 Å². The minimum absolute atomic E-state index is 0.0613. The summed E-state index contributed by atoms with van der Waals surface area (Å²) < 4.78 is 16.0. The van der Waals surface area contributed by atoms with Gasteiger partial charge in [0.05, 0.1) is 10.7 Å². The Labute approximate surface area is 156 Å². The predicted octanol–water partition coefficient (Wildman–Crippen LogP) is 2.87. The van der Waals surface area contributed by atoms with Gasteiger partial charge in [0.25, 0.3) is 10.9 Å². The van der Waals surface area contributed by atoms with Gasteiger partial charge in [-0.2, -0.15) is 0 Å². The predicted molar refractivity (Wildman–Crippen MR) is 95.8 cm³/mol. The van der Waals surface area contributed by atoms with E-state index in [1.165, 1.54) is 18.2 Å². The average Bonchev–Trinajstić information content (AvgIpc) is 3.29. The quantitative estimate of drug-likeness (QED) is 0.390. The first kappa shape index (κ1) is 17.2. The molecule has 0 bridgehead atoms. The number of nitro benzene ring substituents is 1. The molecule has 0 unspecified atom stereocenters. The van der Waals surface area contributed by atoms with Crippen molar-refractivity contribution in [3.05, 3.63) is 52.1 Å². The summed E-state index contributed by atoms with van der Waals surface area (Å²) in [5, 5.41) is 13.9. The molecule has 1 aliphatic rings. The van der Waals surface area contributed by atoms with Crippen molar-refractivity contribution in [3.63, 3.8) is 0 Å². The fourth-order valence-electron chi connectivity index (χ4n) is 2.50. The third-order valence-electron chi connectivity index (χ3n) is 3.82. The molecule has 1 aromatic heterocycles. The molecule has 0 radical (unpaired) electrons.